The van der Waals surface area contributed by atoms with Crippen LogP contribution in [-0.2, 0) is 11.5 Å². The van der Waals surface area contributed by atoms with E-state index in [4.69, 9.17) is 4.74 Å². The fourth-order valence-electron chi connectivity index (χ4n) is 2.27. The SMILES string of the molecule is C[Si](C)(C)CCOCn1cc2c(O)c3c(Br)csc3cc2n1. The molecule has 22 heavy (non-hydrogen) atoms. The molecule has 0 bridgehead atoms. The van der Waals surface area contributed by atoms with Crippen molar-refractivity contribution >= 4 is 56.3 Å². The summed E-state index contributed by atoms with van der Waals surface area (Å²) in [6.45, 7) is 8.19. The lowest BCUT2D eigenvalue weighted by Crippen LogP contribution is -2.22. The highest BCUT2D eigenvalue weighted by Gasteiger charge is 2.15. The lowest BCUT2D eigenvalue weighted by molar-refractivity contribution is 0.0791. The number of halogens is 1. The minimum atomic E-state index is -1.06. The number of benzene rings is 1. The number of hydrogen-bond acceptors (Lipinski definition) is 4. The van der Waals surface area contributed by atoms with Crippen LogP contribution < -0.4 is 0 Å². The van der Waals surface area contributed by atoms with E-state index in [-0.39, 0.29) is 5.75 Å². The van der Waals surface area contributed by atoms with Crippen LogP contribution in [0.25, 0.3) is 21.0 Å². The maximum absolute atomic E-state index is 10.5. The third-order valence-corrected chi connectivity index (χ3v) is 7.11. The van der Waals surface area contributed by atoms with Crippen molar-refractivity contribution in [2.24, 2.45) is 0 Å². The summed E-state index contributed by atoms with van der Waals surface area (Å²) in [5, 5.41) is 18.6. The van der Waals surface area contributed by atoms with Crippen molar-refractivity contribution in [3.63, 3.8) is 0 Å². The van der Waals surface area contributed by atoms with Crippen LogP contribution in [-0.4, -0.2) is 29.6 Å². The summed E-state index contributed by atoms with van der Waals surface area (Å²) in [5.74, 6) is 0.286. The molecule has 0 aliphatic heterocycles. The number of aromatic hydroxyl groups is 1. The maximum Gasteiger partial charge on any atom is 0.139 e. The first-order chi connectivity index (χ1) is 10.3. The Hall–Kier alpha value is -0.893. The highest BCUT2D eigenvalue weighted by Crippen LogP contribution is 2.41. The molecule has 0 fully saturated rings. The largest absolute Gasteiger partial charge is 0.506 e. The predicted molar refractivity (Wildman–Crippen MR) is 98.6 cm³/mol. The minimum absolute atomic E-state index is 0.286. The number of nitrogens with zero attached hydrogens (tertiary/aromatic N) is 2. The zero-order valence-corrected chi connectivity index (χ0v) is 16.3. The first-order valence-corrected chi connectivity index (χ1v) is 12.6. The van der Waals surface area contributed by atoms with Crippen LogP contribution in [0.4, 0.5) is 0 Å². The number of phenols is 1. The van der Waals surface area contributed by atoms with Gasteiger partial charge < -0.3 is 9.84 Å². The lowest BCUT2D eigenvalue weighted by Gasteiger charge is -2.15. The quantitative estimate of drug-likeness (QED) is 0.484. The average molecular weight is 399 g/mol. The van der Waals surface area contributed by atoms with Gasteiger partial charge in [0.1, 0.15) is 12.5 Å². The molecular formula is C15H19BrN2O2SSi. The summed E-state index contributed by atoms with van der Waals surface area (Å²) in [4.78, 5) is 0. The molecule has 0 amide bonds. The fraction of sp³-hybridized carbons (Fsp3) is 0.400. The molecule has 0 spiro atoms. The van der Waals surface area contributed by atoms with Crippen LogP contribution in [0.1, 0.15) is 0 Å². The number of phenolic OH excluding ortho intramolecular Hbond substituents is 1. The topological polar surface area (TPSA) is 47.3 Å². The number of ether oxygens (including phenoxy) is 1. The first-order valence-electron chi connectivity index (χ1n) is 7.19. The average Bonchev–Trinajstić information content (AvgIpc) is 2.99. The van der Waals surface area contributed by atoms with E-state index in [0.29, 0.717) is 6.73 Å². The van der Waals surface area contributed by atoms with Crippen LogP contribution in [0.2, 0.25) is 25.7 Å². The Kier molecular flexibility index (Phi) is 4.33. The molecule has 1 aromatic carbocycles. The number of thiophene rings is 1. The van der Waals surface area contributed by atoms with Crippen LogP contribution in [0.5, 0.6) is 5.75 Å². The number of fused-ring (bicyclic) bond motifs is 2. The molecule has 1 N–H and O–H groups in total. The molecule has 2 heterocycles. The zero-order valence-electron chi connectivity index (χ0n) is 12.9. The van der Waals surface area contributed by atoms with Gasteiger partial charge in [0.05, 0.1) is 10.9 Å². The van der Waals surface area contributed by atoms with Crippen molar-refractivity contribution in [3.8, 4) is 5.75 Å². The molecule has 4 nitrogen and oxygen atoms in total. The molecule has 3 aromatic rings. The standard InChI is InChI=1S/C15H19BrN2O2SSi/c1-22(2,3)5-4-20-9-18-7-10-12(17-18)6-13-14(15(10)19)11(16)8-21-13/h6-8,19H,4-5,9H2,1-3H3. The van der Waals surface area contributed by atoms with E-state index in [1.165, 1.54) is 0 Å². The molecule has 118 valence electrons. The van der Waals surface area contributed by atoms with E-state index in [2.05, 4.69) is 40.7 Å². The number of aromatic nitrogens is 2. The van der Waals surface area contributed by atoms with Gasteiger partial charge in [-0.15, -0.1) is 11.3 Å². The van der Waals surface area contributed by atoms with Crippen LogP contribution in [0, 0.1) is 0 Å². The van der Waals surface area contributed by atoms with Gasteiger partial charge in [-0.1, -0.05) is 19.6 Å². The highest BCUT2D eigenvalue weighted by molar-refractivity contribution is 9.10. The normalized spacial score (nSPS) is 12.5. The summed E-state index contributed by atoms with van der Waals surface area (Å²) in [7, 11) is -1.06. The van der Waals surface area contributed by atoms with Gasteiger partial charge in [0.15, 0.2) is 0 Å². The van der Waals surface area contributed by atoms with Crippen LogP contribution in [0.3, 0.4) is 0 Å². The summed E-state index contributed by atoms with van der Waals surface area (Å²) >= 11 is 5.08. The molecule has 0 unspecified atom stereocenters. The summed E-state index contributed by atoms with van der Waals surface area (Å²) in [5.41, 5.74) is 0.799. The van der Waals surface area contributed by atoms with Gasteiger partial charge in [0.2, 0.25) is 0 Å². The Morgan fingerprint density at radius 1 is 1.41 bits per heavy atom. The molecular weight excluding hydrogens is 380 g/mol. The Bertz CT molecular complexity index is 822. The van der Waals surface area contributed by atoms with Gasteiger partial charge in [-0.3, -0.25) is 0 Å². The molecule has 0 radical (unpaired) electrons. The van der Waals surface area contributed by atoms with E-state index in [9.17, 15) is 5.11 Å². The van der Waals surface area contributed by atoms with E-state index in [1.54, 1.807) is 16.0 Å². The second-order valence-corrected chi connectivity index (χ2v) is 14.0. The second kappa shape index (κ2) is 5.96. The third-order valence-electron chi connectivity index (χ3n) is 3.54. The van der Waals surface area contributed by atoms with Crippen molar-refractivity contribution in [2.45, 2.75) is 32.4 Å². The third kappa shape index (κ3) is 3.22. The van der Waals surface area contributed by atoms with Gasteiger partial charge in [-0.25, -0.2) is 4.68 Å². The summed E-state index contributed by atoms with van der Waals surface area (Å²) in [6.07, 6.45) is 1.85. The minimum Gasteiger partial charge on any atom is -0.506 e. The highest BCUT2D eigenvalue weighted by atomic mass is 79.9. The van der Waals surface area contributed by atoms with Crippen molar-refractivity contribution in [1.29, 1.82) is 0 Å². The van der Waals surface area contributed by atoms with Gasteiger partial charge in [-0.05, 0) is 28.0 Å². The Morgan fingerprint density at radius 3 is 2.91 bits per heavy atom. The van der Waals surface area contributed by atoms with E-state index >= 15 is 0 Å². The predicted octanol–water partition coefficient (Wildman–Crippen LogP) is 5.03. The zero-order chi connectivity index (χ0) is 15.9. The molecule has 2 aromatic heterocycles. The van der Waals surface area contributed by atoms with Gasteiger partial charge in [0, 0.05) is 40.8 Å². The second-order valence-electron chi connectivity index (χ2n) is 6.63. The lowest BCUT2D eigenvalue weighted by atomic mass is 10.2. The fourth-order valence-corrected chi connectivity index (χ4v) is 4.70. The van der Waals surface area contributed by atoms with Gasteiger partial charge in [-0.2, -0.15) is 5.10 Å². The maximum atomic E-state index is 10.5. The monoisotopic (exact) mass is 398 g/mol. The van der Waals surface area contributed by atoms with Crippen molar-refractivity contribution in [1.82, 2.24) is 9.78 Å². The molecule has 0 saturated heterocycles. The van der Waals surface area contributed by atoms with Crippen LogP contribution >= 0.6 is 27.3 Å². The molecule has 7 heteroatoms. The van der Waals surface area contributed by atoms with Crippen molar-refractivity contribution in [2.75, 3.05) is 6.61 Å². The summed E-state index contributed by atoms with van der Waals surface area (Å²) in [6, 6.07) is 3.15. The molecule has 0 aliphatic rings. The smallest absolute Gasteiger partial charge is 0.139 e. The van der Waals surface area contributed by atoms with Crippen LogP contribution in [0.15, 0.2) is 22.1 Å². The van der Waals surface area contributed by atoms with Crippen molar-refractivity contribution < 1.29 is 9.84 Å². The van der Waals surface area contributed by atoms with E-state index in [0.717, 1.165) is 38.1 Å². The Labute approximate surface area is 142 Å². The van der Waals surface area contributed by atoms with E-state index < -0.39 is 8.07 Å². The molecule has 3 rings (SSSR count). The van der Waals surface area contributed by atoms with Crippen molar-refractivity contribution in [3.05, 3.63) is 22.1 Å². The molecule has 0 atom stereocenters. The van der Waals surface area contributed by atoms with Gasteiger partial charge in [0.25, 0.3) is 0 Å². The Morgan fingerprint density at radius 2 is 2.18 bits per heavy atom. The first kappa shape index (κ1) is 16.0. The van der Waals surface area contributed by atoms with E-state index in [1.807, 2.05) is 17.6 Å². The molecule has 0 aliphatic carbocycles. The Balaban J connectivity index is 1.81. The van der Waals surface area contributed by atoms with Gasteiger partial charge >= 0.3 is 0 Å². The summed E-state index contributed by atoms with van der Waals surface area (Å²) < 4.78 is 9.42. The number of hydrogen-bond donors (Lipinski definition) is 1. The molecule has 0 saturated carbocycles. The number of rotatable bonds is 5.